The molecule has 6 heteroatoms. The summed E-state index contributed by atoms with van der Waals surface area (Å²) in [4.78, 5) is 11.8. The molecule has 0 saturated carbocycles. The number of nitrogens with two attached hydrogens (primary N) is 1. The zero-order chi connectivity index (χ0) is 13.5. The molecule has 1 rings (SSSR count). The second-order valence-corrected chi connectivity index (χ2v) is 5.29. The van der Waals surface area contributed by atoms with Crippen molar-refractivity contribution in [2.75, 3.05) is 23.8 Å². The van der Waals surface area contributed by atoms with E-state index in [1.54, 1.807) is 11.8 Å². The van der Waals surface area contributed by atoms with Crippen LogP contribution in [-0.4, -0.2) is 24.0 Å². The summed E-state index contributed by atoms with van der Waals surface area (Å²) in [6.45, 7) is 0.533. The average Bonchev–Trinajstić information content (AvgIpc) is 2.34. The van der Waals surface area contributed by atoms with Gasteiger partial charge in [-0.25, -0.2) is 0 Å². The van der Waals surface area contributed by atoms with Gasteiger partial charge in [-0.3, -0.25) is 4.79 Å². The van der Waals surface area contributed by atoms with Crippen LogP contribution in [0.25, 0.3) is 0 Å². The third kappa shape index (κ3) is 4.34. The molecule has 0 bridgehead atoms. The zero-order valence-electron chi connectivity index (χ0n) is 9.50. The standard InChI is InChI=1S/C12H12Cl2N2OS/c1-2-4-18-5-3-16-12(17)8-6-9(13)11(15)10(14)7-8/h1,6-7H,3-5,15H2,(H,16,17). The highest BCUT2D eigenvalue weighted by Crippen LogP contribution is 2.28. The van der Waals surface area contributed by atoms with Gasteiger partial charge in [-0.1, -0.05) is 29.1 Å². The van der Waals surface area contributed by atoms with Gasteiger partial charge < -0.3 is 11.1 Å². The summed E-state index contributed by atoms with van der Waals surface area (Å²) in [7, 11) is 0. The van der Waals surface area contributed by atoms with Gasteiger partial charge in [0.05, 0.1) is 21.5 Å². The number of halogens is 2. The minimum absolute atomic E-state index is 0.236. The van der Waals surface area contributed by atoms with Gasteiger partial charge in [-0.15, -0.1) is 18.2 Å². The topological polar surface area (TPSA) is 55.1 Å². The van der Waals surface area contributed by atoms with E-state index < -0.39 is 0 Å². The maximum absolute atomic E-state index is 11.8. The van der Waals surface area contributed by atoms with Crippen LogP contribution in [0.15, 0.2) is 12.1 Å². The molecule has 96 valence electrons. The zero-order valence-corrected chi connectivity index (χ0v) is 11.8. The van der Waals surface area contributed by atoms with Gasteiger partial charge in [-0.2, -0.15) is 0 Å². The number of nitrogens with one attached hydrogen (secondary N) is 1. The summed E-state index contributed by atoms with van der Waals surface area (Å²) >= 11 is 13.3. The van der Waals surface area contributed by atoms with Gasteiger partial charge >= 0.3 is 0 Å². The summed E-state index contributed by atoms with van der Waals surface area (Å²) < 4.78 is 0. The number of rotatable bonds is 5. The fourth-order valence-corrected chi connectivity index (χ4v) is 2.18. The highest BCUT2D eigenvalue weighted by molar-refractivity contribution is 7.99. The molecule has 0 fully saturated rings. The predicted molar refractivity (Wildman–Crippen MR) is 79.4 cm³/mol. The van der Waals surface area contributed by atoms with E-state index >= 15 is 0 Å². The first-order valence-corrected chi connectivity index (χ1v) is 7.01. The fourth-order valence-electron chi connectivity index (χ4n) is 1.19. The second-order valence-electron chi connectivity index (χ2n) is 3.37. The minimum atomic E-state index is -0.236. The number of carbonyl (C=O) groups is 1. The van der Waals surface area contributed by atoms with E-state index in [4.69, 9.17) is 35.4 Å². The summed E-state index contributed by atoms with van der Waals surface area (Å²) in [5.41, 5.74) is 6.26. The Morgan fingerprint density at radius 2 is 2.06 bits per heavy atom. The van der Waals surface area contributed by atoms with Crippen molar-refractivity contribution in [3.05, 3.63) is 27.7 Å². The van der Waals surface area contributed by atoms with E-state index in [-0.39, 0.29) is 21.6 Å². The van der Waals surface area contributed by atoms with Crippen molar-refractivity contribution in [3.8, 4) is 12.3 Å². The summed E-state index contributed by atoms with van der Waals surface area (Å²) in [5, 5.41) is 3.29. The Labute approximate surface area is 120 Å². The van der Waals surface area contributed by atoms with Crippen LogP contribution >= 0.6 is 35.0 Å². The van der Waals surface area contributed by atoms with Crippen LogP contribution in [0.3, 0.4) is 0 Å². The molecule has 0 aliphatic heterocycles. The van der Waals surface area contributed by atoms with Gasteiger partial charge in [0.15, 0.2) is 0 Å². The molecule has 0 spiro atoms. The Kier molecular flexibility index (Phi) is 6.20. The predicted octanol–water partition coefficient (Wildman–Crippen LogP) is 2.67. The Balaban J connectivity index is 2.55. The van der Waals surface area contributed by atoms with E-state index in [0.29, 0.717) is 17.9 Å². The van der Waals surface area contributed by atoms with Gasteiger partial charge in [0.1, 0.15) is 0 Å². The van der Waals surface area contributed by atoms with Gasteiger partial charge in [0.2, 0.25) is 0 Å². The molecule has 0 atom stereocenters. The maximum Gasteiger partial charge on any atom is 0.251 e. The normalized spacial score (nSPS) is 9.83. The Morgan fingerprint density at radius 3 is 2.61 bits per heavy atom. The molecular weight excluding hydrogens is 291 g/mol. The minimum Gasteiger partial charge on any atom is -0.396 e. The lowest BCUT2D eigenvalue weighted by molar-refractivity contribution is 0.0956. The van der Waals surface area contributed by atoms with Crippen LogP contribution in [0, 0.1) is 12.3 Å². The summed E-state index contributed by atoms with van der Waals surface area (Å²) in [6, 6.07) is 2.99. The van der Waals surface area contributed by atoms with Crippen molar-refractivity contribution in [1.82, 2.24) is 5.32 Å². The molecule has 1 aromatic rings. The van der Waals surface area contributed by atoms with Crippen LogP contribution in [0.5, 0.6) is 0 Å². The Morgan fingerprint density at radius 1 is 1.44 bits per heavy atom. The van der Waals surface area contributed by atoms with Crippen LogP contribution < -0.4 is 11.1 Å². The van der Waals surface area contributed by atoms with Crippen LogP contribution in [0.2, 0.25) is 10.0 Å². The van der Waals surface area contributed by atoms with Crippen molar-refractivity contribution >= 4 is 46.6 Å². The maximum atomic E-state index is 11.8. The Bertz CT molecular complexity index is 462. The number of nitrogen functional groups attached to an aromatic ring is 1. The van der Waals surface area contributed by atoms with Gasteiger partial charge in [-0.05, 0) is 12.1 Å². The molecular formula is C12H12Cl2N2OS. The molecule has 0 aliphatic rings. The molecule has 18 heavy (non-hydrogen) atoms. The molecule has 0 saturated heterocycles. The molecule has 0 heterocycles. The average molecular weight is 303 g/mol. The van der Waals surface area contributed by atoms with Crippen molar-refractivity contribution in [3.63, 3.8) is 0 Å². The van der Waals surface area contributed by atoms with Crippen LogP contribution in [0.4, 0.5) is 5.69 Å². The lowest BCUT2D eigenvalue weighted by atomic mass is 10.2. The van der Waals surface area contributed by atoms with E-state index in [2.05, 4.69) is 11.2 Å². The van der Waals surface area contributed by atoms with E-state index in [9.17, 15) is 4.79 Å². The number of hydrogen-bond acceptors (Lipinski definition) is 3. The highest BCUT2D eigenvalue weighted by atomic mass is 35.5. The highest BCUT2D eigenvalue weighted by Gasteiger charge is 2.10. The lowest BCUT2D eigenvalue weighted by Gasteiger charge is -2.07. The lowest BCUT2D eigenvalue weighted by Crippen LogP contribution is -2.25. The molecule has 3 N–H and O–H groups in total. The van der Waals surface area contributed by atoms with Crippen molar-refractivity contribution in [1.29, 1.82) is 0 Å². The van der Waals surface area contributed by atoms with Gasteiger partial charge in [0.25, 0.3) is 5.91 Å². The molecule has 1 aromatic carbocycles. The first kappa shape index (κ1) is 15.0. The van der Waals surface area contributed by atoms with Crippen molar-refractivity contribution < 1.29 is 4.79 Å². The molecule has 0 aromatic heterocycles. The number of hydrogen-bond donors (Lipinski definition) is 2. The SMILES string of the molecule is C#CCSCCNC(=O)c1cc(Cl)c(N)c(Cl)c1. The van der Waals surface area contributed by atoms with E-state index in [1.165, 1.54) is 12.1 Å². The largest absolute Gasteiger partial charge is 0.396 e. The quantitative estimate of drug-likeness (QED) is 0.499. The van der Waals surface area contributed by atoms with Gasteiger partial charge in [0, 0.05) is 17.9 Å². The van der Waals surface area contributed by atoms with E-state index in [0.717, 1.165) is 5.75 Å². The molecule has 1 amide bonds. The van der Waals surface area contributed by atoms with Crippen molar-refractivity contribution in [2.45, 2.75) is 0 Å². The molecule has 3 nitrogen and oxygen atoms in total. The molecule has 0 unspecified atom stereocenters. The van der Waals surface area contributed by atoms with Crippen LogP contribution in [-0.2, 0) is 0 Å². The number of carbonyl (C=O) groups excluding carboxylic acids is 1. The summed E-state index contributed by atoms with van der Waals surface area (Å²) in [6.07, 6.45) is 5.11. The van der Waals surface area contributed by atoms with Crippen molar-refractivity contribution in [2.24, 2.45) is 0 Å². The smallest absolute Gasteiger partial charge is 0.251 e. The first-order chi connectivity index (χ1) is 8.56. The fraction of sp³-hybridized carbons (Fsp3) is 0.250. The third-order valence-corrected chi connectivity index (χ3v) is 3.55. The Hall–Kier alpha value is -1.02. The first-order valence-electron chi connectivity index (χ1n) is 5.10. The van der Waals surface area contributed by atoms with E-state index in [1.807, 2.05) is 0 Å². The number of anilines is 1. The number of thioether (sulfide) groups is 1. The number of terminal acetylenes is 1. The van der Waals surface area contributed by atoms with Crippen LogP contribution in [0.1, 0.15) is 10.4 Å². The number of benzene rings is 1. The third-order valence-electron chi connectivity index (χ3n) is 2.06. The molecule has 0 aliphatic carbocycles. The second kappa shape index (κ2) is 7.42. The monoisotopic (exact) mass is 302 g/mol. The molecule has 0 radical (unpaired) electrons. The number of amides is 1. The summed E-state index contributed by atoms with van der Waals surface area (Å²) in [5.74, 6) is 3.66.